The predicted molar refractivity (Wildman–Crippen MR) is 53.5 cm³/mol. The van der Waals surface area contributed by atoms with Gasteiger partial charge in [-0.2, -0.15) is 0 Å². The summed E-state index contributed by atoms with van der Waals surface area (Å²) in [6, 6.07) is 7.89. The normalized spacial score (nSPS) is 14.2. The summed E-state index contributed by atoms with van der Waals surface area (Å²) in [4.78, 5) is 0. The minimum Gasteiger partial charge on any atom is -0.486 e. The zero-order chi connectivity index (χ0) is 9.80. The molecule has 0 aliphatic carbocycles. The highest BCUT2D eigenvalue weighted by Gasteiger charge is 2.04. The lowest BCUT2D eigenvalue weighted by Gasteiger charge is -2.05. The van der Waals surface area contributed by atoms with E-state index >= 15 is 0 Å². The topological polar surface area (TPSA) is 57.7 Å². The minimum atomic E-state index is 0.420. The van der Waals surface area contributed by atoms with E-state index in [1.54, 1.807) is 0 Å². The SMILES string of the molecule is Cc1ccc(OCC2=NNNN2)cc1. The number of hydrogen-bond donors (Lipinski definition) is 3. The molecular formula is C9H12N4O. The molecule has 3 N–H and O–H groups in total. The maximum atomic E-state index is 5.47. The van der Waals surface area contributed by atoms with Gasteiger partial charge in [0.2, 0.25) is 0 Å². The second kappa shape index (κ2) is 3.97. The van der Waals surface area contributed by atoms with Crippen LogP contribution in [0.4, 0.5) is 0 Å². The molecular weight excluding hydrogens is 180 g/mol. The average Bonchev–Trinajstić information content (AvgIpc) is 2.70. The van der Waals surface area contributed by atoms with Gasteiger partial charge in [-0.05, 0) is 19.1 Å². The van der Waals surface area contributed by atoms with E-state index in [9.17, 15) is 0 Å². The van der Waals surface area contributed by atoms with E-state index in [1.165, 1.54) is 5.56 Å². The van der Waals surface area contributed by atoms with Crippen LogP contribution in [-0.2, 0) is 0 Å². The fourth-order valence-electron chi connectivity index (χ4n) is 1.08. The molecule has 1 aromatic rings. The number of aryl methyl sites for hydroxylation is 1. The van der Waals surface area contributed by atoms with E-state index in [4.69, 9.17) is 4.74 Å². The predicted octanol–water partition coefficient (Wildman–Crippen LogP) is 0.300. The van der Waals surface area contributed by atoms with Crippen molar-refractivity contribution in [2.45, 2.75) is 6.92 Å². The van der Waals surface area contributed by atoms with Gasteiger partial charge in [0.05, 0.1) is 0 Å². The lowest BCUT2D eigenvalue weighted by molar-refractivity contribution is 0.372. The van der Waals surface area contributed by atoms with E-state index in [2.05, 4.69) is 21.6 Å². The lowest BCUT2D eigenvalue weighted by Crippen LogP contribution is -2.37. The summed E-state index contributed by atoms with van der Waals surface area (Å²) < 4.78 is 5.47. The molecule has 0 radical (unpaired) electrons. The second-order valence-electron chi connectivity index (χ2n) is 3.02. The van der Waals surface area contributed by atoms with Gasteiger partial charge in [0.15, 0.2) is 5.84 Å². The van der Waals surface area contributed by atoms with Crippen molar-refractivity contribution in [3.63, 3.8) is 0 Å². The third kappa shape index (κ3) is 2.14. The number of hydrogen-bond acceptors (Lipinski definition) is 5. The van der Waals surface area contributed by atoms with Gasteiger partial charge >= 0.3 is 0 Å². The number of hydrazone groups is 1. The van der Waals surface area contributed by atoms with Crippen LogP contribution in [-0.4, -0.2) is 12.4 Å². The average molecular weight is 192 g/mol. The van der Waals surface area contributed by atoms with Crippen LogP contribution in [0.15, 0.2) is 29.4 Å². The Morgan fingerprint density at radius 3 is 2.71 bits per heavy atom. The molecule has 2 rings (SSSR count). The number of rotatable bonds is 3. The van der Waals surface area contributed by atoms with Gasteiger partial charge in [0, 0.05) is 0 Å². The zero-order valence-electron chi connectivity index (χ0n) is 7.87. The molecule has 0 fully saturated rings. The van der Waals surface area contributed by atoms with E-state index in [0.717, 1.165) is 11.6 Å². The quantitative estimate of drug-likeness (QED) is 0.644. The van der Waals surface area contributed by atoms with Crippen LogP contribution in [0.1, 0.15) is 5.56 Å². The fourth-order valence-corrected chi connectivity index (χ4v) is 1.08. The zero-order valence-corrected chi connectivity index (χ0v) is 7.87. The number of ether oxygens (including phenoxy) is 1. The first-order chi connectivity index (χ1) is 6.84. The highest BCUT2D eigenvalue weighted by Crippen LogP contribution is 2.10. The lowest BCUT2D eigenvalue weighted by atomic mass is 10.2. The Labute approximate surface area is 82.1 Å². The standard InChI is InChI=1S/C9H12N4O/c1-7-2-4-8(5-3-7)14-6-9-10-12-13-11-9/h2-5,12-13H,6H2,1H3,(H,10,11). The number of hydrazine groups is 2. The van der Waals surface area contributed by atoms with E-state index < -0.39 is 0 Å². The first kappa shape index (κ1) is 8.83. The Hall–Kier alpha value is -1.75. The minimum absolute atomic E-state index is 0.420. The molecule has 0 atom stereocenters. The maximum absolute atomic E-state index is 5.47. The molecule has 5 nitrogen and oxygen atoms in total. The smallest absolute Gasteiger partial charge is 0.177 e. The van der Waals surface area contributed by atoms with Crippen LogP contribution < -0.4 is 21.2 Å². The van der Waals surface area contributed by atoms with Crippen molar-refractivity contribution in [1.29, 1.82) is 0 Å². The molecule has 1 aliphatic rings. The van der Waals surface area contributed by atoms with Crippen LogP contribution in [0.5, 0.6) is 5.75 Å². The second-order valence-corrected chi connectivity index (χ2v) is 3.02. The number of nitrogens with one attached hydrogen (secondary N) is 3. The van der Waals surface area contributed by atoms with Crippen molar-refractivity contribution in [3.8, 4) is 5.75 Å². The van der Waals surface area contributed by atoms with E-state index in [-0.39, 0.29) is 0 Å². The molecule has 1 heterocycles. The molecule has 0 amide bonds. The van der Waals surface area contributed by atoms with Crippen molar-refractivity contribution in [2.24, 2.45) is 5.10 Å². The van der Waals surface area contributed by atoms with Gasteiger partial charge in [-0.1, -0.05) is 17.7 Å². The molecule has 0 saturated carbocycles. The first-order valence-electron chi connectivity index (χ1n) is 4.36. The van der Waals surface area contributed by atoms with Gasteiger partial charge in [0.25, 0.3) is 0 Å². The molecule has 14 heavy (non-hydrogen) atoms. The van der Waals surface area contributed by atoms with E-state index in [0.29, 0.717) is 6.61 Å². The van der Waals surface area contributed by atoms with Crippen molar-refractivity contribution in [1.82, 2.24) is 16.5 Å². The number of benzene rings is 1. The fraction of sp³-hybridized carbons (Fsp3) is 0.222. The number of amidine groups is 1. The Morgan fingerprint density at radius 2 is 2.07 bits per heavy atom. The van der Waals surface area contributed by atoms with Crippen LogP contribution in [0.3, 0.4) is 0 Å². The monoisotopic (exact) mass is 192 g/mol. The summed E-state index contributed by atoms with van der Waals surface area (Å²) in [5.74, 6) is 1.57. The molecule has 0 aromatic heterocycles. The highest BCUT2D eigenvalue weighted by atomic mass is 16.5. The van der Waals surface area contributed by atoms with Gasteiger partial charge in [-0.25, -0.2) is 5.53 Å². The van der Waals surface area contributed by atoms with Gasteiger partial charge in [0.1, 0.15) is 12.4 Å². The number of nitrogens with zero attached hydrogens (tertiary/aromatic N) is 1. The summed E-state index contributed by atoms with van der Waals surface area (Å²) in [6.07, 6.45) is 0. The molecule has 1 aromatic carbocycles. The molecule has 1 aliphatic heterocycles. The van der Waals surface area contributed by atoms with E-state index in [1.807, 2.05) is 31.2 Å². The van der Waals surface area contributed by atoms with Crippen LogP contribution >= 0.6 is 0 Å². The Kier molecular flexibility index (Phi) is 2.51. The van der Waals surface area contributed by atoms with Crippen molar-refractivity contribution >= 4 is 5.84 Å². The molecule has 0 saturated heterocycles. The van der Waals surface area contributed by atoms with Gasteiger partial charge in [-0.3, -0.25) is 5.43 Å². The first-order valence-corrected chi connectivity index (χ1v) is 4.36. The summed E-state index contributed by atoms with van der Waals surface area (Å²) in [5.41, 5.74) is 9.22. The third-order valence-electron chi connectivity index (χ3n) is 1.85. The Bertz CT molecular complexity index is 333. The van der Waals surface area contributed by atoms with Gasteiger partial charge < -0.3 is 4.74 Å². The molecule has 0 unspecified atom stereocenters. The largest absolute Gasteiger partial charge is 0.486 e. The molecule has 5 heteroatoms. The molecule has 0 bridgehead atoms. The van der Waals surface area contributed by atoms with Crippen LogP contribution in [0, 0.1) is 6.92 Å². The van der Waals surface area contributed by atoms with Crippen molar-refractivity contribution < 1.29 is 4.74 Å². The summed E-state index contributed by atoms with van der Waals surface area (Å²) in [7, 11) is 0. The van der Waals surface area contributed by atoms with Crippen LogP contribution in [0.25, 0.3) is 0 Å². The third-order valence-corrected chi connectivity index (χ3v) is 1.85. The van der Waals surface area contributed by atoms with Crippen LogP contribution in [0.2, 0.25) is 0 Å². The summed E-state index contributed by atoms with van der Waals surface area (Å²) in [5, 5.41) is 3.89. The Morgan fingerprint density at radius 1 is 1.29 bits per heavy atom. The molecule has 74 valence electrons. The van der Waals surface area contributed by atoms with Crippen molar-refractivity contribution in [3.05, 3.63) is 29.8 Å². The summed E-state index contributed by atoms with van der Waals surface area (Å²) >= 11 is 0. The maximum Gasteiger partial charge on any atom is 0.177 e. The Balaban J connectivity index is 1.88. The summed E-state index contributed by atoms with van der Waals surface area (Å²) in [6.45, 7) is 2.46. The molecule has 0 spiro atoms. The van der Waals surface area contributed by atoms with Gasteiger partial charge in [-0.15, -0.1) is 10.6 Å². The van der Waals surface area contributed by atoms with Crippen molar-refractivity contribution in [2.75, 3.05) is 6.61 Å². The highest BCUT2D eigenvalue weighted by molar-refractivity contribution is 5.83.